The number of phenolic OH excluding ortho intramolecular Hbond substituents is 1. The lowest BCUT2D eigenvalue weighted by Gasteiger charge is -2.10. The quantitative estimate of drug-likeness (QED) is 0.849. The average molecular weight is 366 g/mol. The molecule has 0 aromatic heterocycles. The largest absolute Gasteiger partial charge is 0.503 e. The summed E-state index contributed by atoms with van der Waals surface area (Å²) in [5.41, 5.74) is 1.70. The summed E-state index contributed by atoms with van der Waals surface area (Å²) < 4.78 is 10.7. The molecule has 0 aliphatic heterocycles. The van der Waals surface area contributed by atoms with Crippen molar-refractivity contribution in [3.05, 3.63) is 58.1 Å². The third-order valence-electron chi connectivity index (χ3n) is 2.96. The van der Waals surface area contributed by atoms with E-state index in [1.165, 1.54) is 7.11 Å². The molecule has 0 fully saturated rings. The van der Waals surface area contributed by atoms with Gasteiger partial charge in [-0.3, -0.25) is 0 Å². The summed E-state index contributed by atoms with van der Waals surface area (Å²) in [6, 6.07) is 12.8. The smallest absolute Gasteiger partial charge is 0.407 e. The summed E-state index contributed by atoms with van der Waals surface area (Å²) in [7, 11) is 1.47. The molecule has 0 saturated carbocycles. The fourth-order valence-corrected chi connectivity index (χ4v) is 2.32. The third-order valence-corrected chi connectivity index (χ3v) is 3.56. The molecule has 0 radical (unpaired) electrons. The number of hydrogen-bond acceptors (Lipinski definition) is 4. The second kappa shape index (κ2) is 7.70. The molecule has 5 nitrogen and oxygen atoms in total. The number of alkyl carbamates (subject to hydrolysis) is 1. The molecule has 0 atom stereocenters. The van der Waals surface area contributed by atoms with Gasteiger partial charge in [0, 0.05) is 6.54 Å². The number of amides is 1. The first-order valence-electron chi connectivity index (χ1n) is 6.60. The van der Waals surface area contributed by atoms with E-state index in [1.54, 1.807) is 12.1 Å². The number of methoxy groups -OCH3 is 1. The van der Waals surface area contributed by atoms with E-state index in [0.29, 0.717) is 10.2 Å². The molecule has 2 aromatic carbocycles. The summed E-state index contributed by atoms with van der Waals surface area (Å²) in [4.78, 5) is 11.7. The Hall–Kier alpha value is -2.21. The molecule has 0 bridgehead atoms. The predicted molar refractivity (Wildman–Crippen MR) is 85.8 cm³/mol. The van der Waals surface area contributed by atoms with Crippen molar-refractivity contribution in [1.82, 2.24) is 5.32 Å². The number of aromatic hydroxyl groups is 1. The molecule has 0 heterocycles. The van der Waals surface area contributed by atoms with Crippen molar-refractivity contribution in [1.29, 1.82) is 0 Å². The van der Waals surface area contributed by atoms with Gasteiger partial charge in [-0.05, 0) is 39.2 Å². The van der Waals surface area contributed by atoms with Crippen molar-refractivity contribution in [2.75, 3.05) is 7.11 Å². The van der Waals surface area contributed by atoms with Crippen LogP contribution in [0.5, 0.6) is 11.5 Å². The highest BCUT2D eigenvalue weighted by atomic mass is 79.9. The van der Waals surface area contributed by atoms with E-state index < -0.39 is 6.09 Å². The molecule has 0 saturated heterocycles. The highest BCUT2D eigenvalue weighted by molar-refractivity contribution is 9.10. The minimum Gasteiger partial charge on any atom is -0.503 e. The number of rotatable bonds is 5. The maximum absolute atomic E-state index is 11.7. The summed E-state index contributed by atoms with van der Waals surface area (Å²) in [6.45, 7) is 0.484. The van der Waals surface area contributed by atoms with Crippen molar-refractivity contribution in [3.8, 4) is 11.5 Å². The number of ether oxygens (including phenoxy) is 2. The maximum Gasteiger partial charge on any atom is 0.407 e. The van der Waals surface area contributed by atoms with Gasteiger partial charge in [0.15, 0.2) is 11.5 Å². The molecule has 2 rings (SSSR count). The highest BCUT2D eigenvalue weighted by Gasteiger charge is 2.10. The predicted octanol–water partition coefficient (Wildman–Crippen LogP) is 3.59. The topological polar surface area (TPSA) is 67.8 Å². The number of benzene rings is 2. The second-order valence-electron chi connectivity index (χ2n) is 4.54. The van der Waals surface area contributed by atoms with Crippen LogP contribution < -0.4 is 10.1 Å². The van der Waals surface area contributed by atoms with Crippen molar-refractivity contribution in [2.45, 2.75) is 13.2 Å². The van der Waals surface area contributed by atoms with E-state index >= 15 is 0 Å². The molecule has 0 unspecified atom stereocenters. The zero-order valence-electron chi connectivity index (χ0n) is 12.0. The van der Waals surface area contributed by atoms with E-state index in [4.69, 9.17) is 9.47 Å². The van der Waals surface area contributed by atoms with Crippen LogP contribution in [-0.2, 0) is 17.9 Å². The van der Waals surface area contributed by atoms with E-state index in [9.17, 15) is 9.90 Å². The molecule has 2 N–H and O–H groups in total. The van der Waals surface area contributed by atoms with Crippen LogP contribution in [0.1, 0.15) is 11.1 Å². The molecule has 2 aromatic rings. The fraction of sp³-hybridized carbons (Fsp3) is 0.188. The van der Waals surface area contributed by atoms with Crippen molar-refractivity contribution in [3.63, 3.8) is 0 Å². The molecule has 0 aliphatic rings. The lowest BCUT2D eigenvalue weighted by Crippen LogP contribution is -2.23. The molecule has 116 valence electrons. The SMILES string of the molecule is COc1cc(CNC(=O)OCc2ccccc2)cc(Br)c1O. The van der Waals surface area contributed by atoms with Crippen LogP contribution in [0.25, 0.3) is 0 Å². The molecule has 1 amide bonds. The van der Waals surface area contributed by atoms with E-state index in [0.717, 1.165) is 11.1 Å². The van der Waals surface area contributed by atoms with Gasteiger partial charge in [0.1, 0.15) is 6.61 Å². The van der Waals surface area contributed by atoms with Crippen LogP contribution in [0, 0.1) is 0 Å². The summed E-state index contributed by atoms with van der Waals surface area (Å²) >= 11 is 3.23. The first kappa shape index (κ1) is 16.2. The first-order valence-corrected chi connectivity index (χ1v) is 7.39. The normalized spacial score (nSPS) is 10.1. The van der Waals surface area contributed by atoms with Crippen LogP contribution in [-0.4, -0.2) is 18.3 Å². The van der Waals surface area contributed by atoms with Gasteiger partial charge in [0.05, 0.1) is 11.6 Å². The molecular formula is C16H16BrNO4. The van der Waals surface area contributed by atoms with Crippen molar-refractivity contribution < 1.29 is 19.4 Å². The fourth-order valence-electron chi connectivity index (χ4n) is 1.83. The van der Waals surface area contributed by atoms with Gasteiger partial charge in [-0.1, -0.05) is 30.3 Å². The lowest BCUT2D eigenvalue weighted by atomic mass is 10.2. The Bertz CT molecular complexity index is 646. The minimum atomic E-state index is -0.507. The Balaban J connectivity index is 1.87. The molecule has 6 heteroatoms. The van der Waals surface area contributed by atoms with Gasteiger partial charge in [-0.15, -0.1) is 0 Å². The van der Waals surface area contributed by atoms with Crippen molar-refractivity contribution in [2.24, 2.45) is 0 Å². The maximum atomic E-state index is 11.7. The zero-order valence-corrected chi connectivity index (χ0v) is 13.6. The van der Waals surface area contributed by atoms with Crippen LogP contribution in [0.3, 0.4) is 0 Å². The van der Waals surface area contributed by atoms with E-state index in [1.807, 2.05) is 30.3 Å². The van der Waals surface area contributed by atoms with Crippen LogP contribution in [0.2, 0.25) is 0 Å². The third kappa shape index (κ3) is 4.39. The van der Waals surface area contributed by atoms with Crippen LogP contribution >= 0.6 is 15.9 Å². The molecule has 22 heavy (non-hydrogen) atoms. The number of hydrogen-bond donors (Lipinski definition) is 2. The standard InChI is InChI=1S/C16H16BrNO4/c1-21-14-8-12(7-13(17)15(14)19)9-18-16(20)22-10-11-5-3-2-4-6-11/h2-8,19H,9-10H2,1H3,(H,18,20). The first-order chi connectivity index (χ1) is 10.6. The Morgan fingerprint density at radius 1 is 1.23 bits per heavy atom. The zero-order chi connectivity index (χ0) is 15.9. The number of carbonyl (C=O) groups excluding carboxylic acids is 1. The van der Waals surface area contributed by atoms with Gasteiger partial charge in [-0.2, -0.15) is 0 Å². The molecular weight excluding hydrogens is 350 g/mol. The lowest BCUT2D eigenvalue weighted by molar-refractivity contribution is 0.139. The summed E-state index contributed by atoms with van der Waals surface area (Å²) in [6.07, 6.45) is -0.507. The monoisotopic (exact) mass is 365 g/mol. The Labute approximate surface area is 137 Å². The van der Waals surface area contributed by atoms with Gasteiger partial charge in [0.2, 0.25) is 0 Å². The van der Waals surface area contributed by atoms with E-state index in [2.05, 4.69) is 21.2 Å². The van der Waals surface area contributed by atoms with Gasteiger partial charge < -0.3 is 19.9 Å². The van der Waals surface area contributed by atoms with E-state index in [-0.39, 0.29) is 18.9 Å². The van der Waals surface area contributed by atoms with Gasteiger partial charge in [-0.25, -0.2) is 4.79 Å². The number of phenols is 1. The molecule has 0 spiro atoms. The van der Waals surface area contributed by atoms with Crippen molar-refractivity contribution >= 4 is 22.0 Å². The Morgan fingerprint density at radius 3 is 2.64 bits per heavy atom. The summed E-state index contributed by atoms with van der Waals surface area (Å²) in [5, 5.41) is 12.4. The number of carbonyl (C=O) groups is 1. The highest BCUT2D eigenvalue weighted by Crippen LogP contribution is 2.35. The average Bonchev–Trinajstić information content (AvgIpc) is 2.54. The Morgan fingerprint density at radius 2 is 1.95 bits per heavy atom. The van der Waals surface area contributed by atoms with Crippen LogP contribution in [0.15, 0.2) is 46.9 Å². The van der Waals surface area contributed by atoms with Gasteiger partial charge >= 0.3 is 6.09 Å². The Kier molecular flexibility index (Phi) is 5.66. The van der Waals surface area contributed by atoms with Gasteiger partial charge in [0.25, 0.3) is 0 Å². The minimum absolute atomic E-state index is 0.0258. The van der Waals surface area contributed by atoms with Crippen LogP contribution in [0.4, 0.5) is 4.79 Å². The number of nitrogens with one attached hydrogen (secondary N) is 1. The summed E-state index contributed by atoms with van der Waals surface area (Å²) in [5.74, 6) is 0.363. The number of halogens is 1. The molecule has 0 aliphatic carbocycles. The second-order valence-corrected chi connectivity index (χ2v) is 5.40.